The van der Waals surface area contributed by atoms with Crippen molar-refractivity contribution in [2.45, 2.75) is 29.8 Å². The fourth-order valence-electron chi connectivity index (χ4n) is 4.10. The summed E-state index contributed by atoms with van der Waals surface area (Å²) in [7, 11) is -7.66. The Morgan fingerprint density at radius 2 is 1.73 bits per heavy atom. The van der Waals surface area contributed by atoms with E-state index < -0.39 is 70.2 Å². The van der Waals surface area contributed by atoms with E-state index in [4.69, 9.17) is 60.0 Å². The van der Waals surface area contributed by atoms with Crippen molar-refractivity contribution in [1.82, 2.24) is 20.3 Å². The molecule has 1 fully saturated rings. The molecular weight excluding hydrogens is 811 g/mol. The number of nitrogens with zero attached hydrogens (tertiary/aromatic N) is 4. The van der Waals surface area contributed by atoms with E-state index >= 15 is 0 Å². The van der Waals surface area contributed by atoms with Crippen molar-refractivity contribution in [3.63, 3.8) is 0 Å². The molecular formula is C27H25Cl3F3N6O11PS. The van der Waals surface area contributed by atoms with Crippen LogP contribution in [0.15, 0.2) is 52.1 Å². The molecule has 0 amide bonds. The molecule has 52 heavy (non-hydrogen) atoms. The number of aromatic nitrogens is 3. The number of alkyl halides is 3. The summed E-state index contributed by atoms with van der Waals surface area (Å²) in [6.45, 7) is -0.439. The average Bonchev–Trinajstić information content (AvgIpc) is 3.60. The predicted molar refractivity (Wildman–Crippen MR) is 179 cm³/mol. The molecule has 0 aliphatic heterocycles. The first-order valence-electron chi connectivity index (χ1n) is 13.9. The summed E-state index contributed by atoms with van der Waals surface area (Å²) in [4.78, 5) is 48.6. The summed E-state index contributed by atoms with van der Waals surface area (Å²) in [5, 5.41) is 27.5. The average molecular weight is 836 g/mol. The van der Waals surface area contributed by atoms with Gasteiger partial charge in [-0.1, -0.05) is 40.0 Å². The number of sulfone groups is 1. The number of benzene rings is 2. The lowest BCUT2D eigenvalue weighted by Crippen LogP contribution is -2.23. The van der Waals surface area contributed by atoms with E-state index in [0.717, 1.165) is 30.0 Å². The molecule has 1 aliphatic rings. The molecule has 6 N–H and O–H groups in total. The van der Waals surface area contributed by atoms with Crippen LogP contribution in [0.25, 0.3) is 5.69 Å². The maximum atomic E-state index is 12.6. The number of halogens is 6. The zero-order chi connectivity index (χ0) is 39.3. The van der Waals surface area contributed by atoms with Crippen LogP contribution in [-0.4, -0.2) is 74.0 Å². The van der Waals surface area contributed by atoms with Crippen molar-refractivity contribution in [3.05, 3.63) is 90.4 Å². The van der Waals surface area contributed by atoms with Crippen molar-refractivity contribution in [2.75, 3.05) is 24.8 Å². The number of nitrogens with two attached hydrogens (primary N) is 1. The molecule has 0 spiro atoms. The number of nitrogens with one attached hydrogen (secondary N) is 1. The van der Waals surface area contributed by atoms with Crippen molar-refractivity contribution in [3.8, 4) is 5.69 Å². The number of ketones is 1. The molecule has 0 unspecified atom stereocenters. The quantitative estimate of drug-likeness (QED) is 0.0585. The third-order valence-electron chi connectivity index (χ3n) is 6.51. The maximum absolute atomic E-state index is 12.6. The first-order chi connectivity index (χ1) is 23.9. The minimum absolute atomic E-state index is 0.0806. The van der Waals surface area contributed by atoms with Gasteiger partial charge in [0.1, 0.15) is 11.9 Å². The highest BCUT2D eigenvalue weighted by Gasteiger charge is 2.34. The van der Waals surface area contributed by atoms with Gasteiger partial charge in [-0.3, -0.25) is 29.6 Å². The van der Waals surface area contributed by atoms with Crippen LogP contribution < -0.4 is 11.1 Å². The lowest BCUT2D eigenvalue weighted by molar-refractivity contribution is -0.383. The highest BCUT2D eigenvalue weighted by atomic mass is 35.5. The van der Waals surface area contributed by atoms with Crippen molar-refractivity contribution >= 4 is 75.5 Å². The number of nitrogen functional groups attached to an aromatic ring is 1. The van der Waals surface area contributed by atoms with Gasteiger partial charge in [-0.25, -0.2) is 13.1 Å². The van der Waals surface area contributed by atoms with Gasteiger partial charge < -0.3 is 25.2 Å². The second kappa shape index (κ2) is 16.7. The Morgan fingerprint density at radius 1 is 1.13 bits per heavy atom. The van der Waals surface area contributed by atoms with Gasteiger partial charge in [0.2, 0.25) is 5.82 Å². The third-order valence-corrected chi connectivity index (χ3v) is 9.10. The predicted octanol–water partition coefficient (Wildman–Crippen LogP) is 5.32. The number of carbonyl (C=O) groups is 2. The van der Waals surface area contributed by atoms with E-state index in [2.05, 4.69) is 15.6 Å². The zero-order valence-electron chi connectivity index (χ0n) is 26.0. The molecule has 4 aromatic rings. The summed E-state index contributed by atoms with van der Waals surface area (Å²) in [5.41, 5.74) is 4.20. The summed E-state index contributed by atoms with van der Waals surface area (Å²) in [5.74, 6) is -1.21. The lowest BCUT2D eigenvalue weighted by Gasteiger charge is -2.12. The normalized spacial score (nSPS) is 13.0. The zero-order valence-corrected chi connectivity index (χ0v) is 30.0. The van der Waals surface area contributed by atoms with Crippen LogP contribution in [0.2, 0.25) is 15.1 Å². The topological polar surface area (TPSA) is 271 Å². The SMILES string of the molecule is CS(=O)(=O)c1cc(Cl)ccc1C(=O)c1cnoc1C1CC1.Nc1c([N+](=O)[O-])cnn1-c1c(Cl)cc(C(F)(F)F)cc1Cl.O=C(O)CNCP(=O)(O)O. The maximum Gasteiger partial charge on any atom is 0.416 e. The fraction of sp³-hybridized carbons (Fsp3) is 0.259. The molecule has 2 aromatic heterocycles. The molecule has 1 saturated carbocycles. The van der Waals surface area contributed by atoms with Crippen molar-refractivity contribution < 1.29 is 60.1 Å². The third kappa shape index (κ3) is 11.5. The number of carboxylic acids is 1. The Balaban J connectivity index is 0.000000225. The van der Waals surface area contributed by atoms with Crippen LogP contribution in [0.1, 0.15) is 46.0 Å². The second-order valence-electron chi connectivity index (χ2n) is 10.6. The van der Waals surface area contributed by atoms with Crippen molar-refractivity contribution in [2.24, 2.45) is 0 Å². The molecule has 5 rings (SSSR count). The van der Waals surface area contributed by atoms with Gasteiger partial charge in [-0.15, -0.1) is 0 Å². The molecule has 1 aliphatic carbocycles. The van der Waals surface area contributed by atoms with Gasteiger partial charge in [-0.05, 0) is 43.2 Å². The number of rotatable bonds is 10. The number of carboxylic acid groups (broad SMARTS) is 1. The number of aliphatic carboxylic acids is 1. The molecule has 0 radical (unpaired) electrons. The molecule has 0 atom stereocenters. The molecule has 2 heterocycles. The van der Waals surface area contributed by atoms with Crippen LogP contribution in [0.4, 0.5) is 24.7 Å². The van der Waals surface area contributed by atoms with E-state index in [1.54, 1.807) is 0 Å². The summed E-state index contributed by atoms with van der Waals surface area (Å²) >= 11 is 17.4. The van der Waals surface area contributed by atoms with Gasteiger partial charge in [-0.2, -0.15) is 18.3 Å². The highest BCUT2D eigenvalue weighted by Crippen LogP contribution is 2.42. The molecule has 282 valence electrons. The summed E-state index contributed by atoms with van der Waals surface area (Å²) in [6.07, 6.45) is -0.0853. The number of nitro groups is 1. The van der Waals surface area contributed by atoms with E-state index in [-0.39, 0.29) is 37.1 Å². The van der Waals surface area contributed by atoms with Gasteiger partial charge >= 0.3 is 25.4 Å². The van der Waals surface area contributed by atoms with Crippen molar-refractivity contribution in [1.29, 1.82) is 0 Å². The van der Waals surface area contributed by atoms with E-state index in [1.165, 1.54) is 24.4 Å². The van der Waals surface area contributed by atoms with Gasteiger partial charge in [0.15, 0.2) is 21.4 Å². The Kier molecular flexibility index (Phi) is 13.6. The second-order valence-corrected chi connectivity index (χ2v) is 15.5. The number of hydrogen-bond acceptors (Lipinski definition) is 12. The smallest absolute Gasteiger partial charge is 0.416 e. The van der Waals surface area contributed by atoms with Gasteiger partial charge in [0, 0.05) is 22.8 Å². The lowest BCUT2D eigenvalue weighted by atomic mass is 10.0. The summed E-state index contributed by atoms with van der Waals surface area (Å²) in [6, 6.07) is 5.47. The Labute approximate surface area is 305 Å². The Bertz CT molecular complexity index is 2130. The standard InChI is InChI=1S/C14H12ClNO4S.C10H5Cl2F3N4O2.C3H8NO5P/c1-21(18,19)12-6-9(15)4-5-10(12)13(17)11-7-16-20-14(11)8-2-3-8;11-5-1-4(10(13,14)15)2-6(12)8(5)18-9(16)7(3-17-18)19(20)21;5-3(6)1-4-2-10(7,8)9/h4-8H,2-3H2,1H3;1-3H,16H2;4H,1-2H2,(H,5,6)(H2,7,8,9). The van der Waals surface area contributed by atoms with Crippen LogP contribution in [0.3, 0.4) is 0 Å². The van der Waals surface area contributed by atoms with E-state index in [1.807, 2.05) is 0 Å². The molecule has 0 saturated heterocycles. The Hall–Kier alpha value is -4.08. The monoisotopic (exact) mass is 834 g/mol. The van der Waals surface area contributed by atoms with Crippen LogP contribution in [-0.2, 0) is 25.4 Å². The number of hydrogen-bond donors (Lipinski definition) is 5. The van der Waals surface area contributed by atoms with E-state index in [9.17, 15) is 45.9 Å². The van der Waals surface area contributed by atoms with Crippen LogP contribution in [0, 0.1) is 10.1 Å². The van der Waals surface area contributed by atoms with E-state index in [0.29, 0.717) is 23.5 Å². The highest BCUT2D eigenvalue weighted by molar-refractivity contribution is 7.90. The first kappa shape index (κ1) is 42.3. The Morgan fingerprint density at radius 3 is 2.19 bits per heavy atom. The van der Waals surface area contributed by atoms with Gasteiger partial charge in [0.25, 0.3) is 0 Å². The largest absolute Gasteiger partial charge is 0.480 e. The minimum Gasteiger partial charge on any atom is -0.480 e. The summed E-state index contributed by atoms with van der Waals surface area (Å²) < 4.78 is 77.6. The van der Waals surface area contributed by atoms with Gasteiger partial charge in [0.05, 0.1) is 50.0 Å². The molecule has 2 aromatic carbocycles. The molecule has 17 nitrogen and oxygen atoms in total. The number of carbonyl (C=O) groups excluding carboxylic acids is 1. The number of anilines is 1. The fourth-order valence-corrected chi connectivity index (χ4v) is 6.29. The minimum atomic E-state index is -4.63. The first-order valence-corrected chi connectivity index (χ1v) is 18.7. The molecule has 0 bridgehead atoms. The van der Waals surface area contributed by atoms with Crippen LogP contribution >= 0.6 is 42.4 Å². The van der Waals surface area contributed by atoms with Crippen LogP contribution in [0.5, 0.6) is 0 Å². The molecule has 25 heteroatoms.